The molecule has 6 nitrogen and oxygen atoms in total. The standard InChI is InChI=1S/C13H22N4O2/c1-2-10(14)6-13(18)16-11-7-15-17(8-11)9-12-4-3-5-19-12/h7-8,10,12H,2-6,9,14H2,1H3,(H,16,18). The van der Waals surface area contributed by atoms with Gasteiger partial charge in [-0.1, -0.05) is 6.92 Å². The minimum Gasteiger partial charge on any atom is -0.376 e. The van der Waals surface area contributed by atoms with Gasteiger partial charge in [0.15, 0.2) is 0 Å². The minimum atomic E-state index is -0.0815. The van der Waals surface area contributed by atoms with Gasteiger partial charge in [-0.2, -0.15) is 5.10 Å². The average molecular weight is 266 g/mol. The molecule has 1 aliphatic rings. The van der Waals surface area contributed by atoms with Crippen LogP contribution < -0.4 is 11.1 Å². The number of nitrogens with zero attached hydrogens (tertiary/aromatic N) is 2. The third-order valence-corrected chi connectivity index (χ3v) is 3.30. The van der Waals surface area contributed by atoms with Crippen molar-refractivity contribution in [1.29, 1.82) is 0 Å². The van der Waals surface area contributed by atoms with Gasteiger partial charge in [0.1, 0.15) is 0 Å². The molecule has 0 saturated carbocycles. The van der Waals surface area contributed by atoms with E-state index >= 15 is 0 Å². The summed E-state index contributed by atoms with van der Waals surface area (Å²) < 4.78 is 7.36. The zero-order valence-electron chi connectivity index (χ0n) is 11.3. The summed E-state index contributed by atoms with van der Waals surface area (Å²) >= 11 is 0. The highest BCUT2D eigenvalue weighted by Crippen LogP contribution is 2.15. The van der Waals surface area contributed by atoms with E-state index in [1.807, 2.05) is 17.8 Å². The van der Waals surface area contributed by atoms with Gasteiger partial charge >= 0.3 is 0 Å². The van der Waals surface area contributed by atoms with E-state index in [-0.39, 0.29) is 18.1 Å². The normalized spacial score (nSPS) is 20.4. The van der Waals surface area contributed by atoms with Crippen LogP contribution in [0, 0.1) is 0 Å². The van der Waals surface area contributed by atoms with E-state index in [0.29, 0.717) is 12.1 Å². The van der Waals surface area contributed by atoms with E-state index in [2.05, 4.69) is 10.4 Å². The Morgan fingerprint density at radius 2 is 2.58 bits per heavy atom. The number of carbonyl (C=O) groups excluding carboxylic acids is 1. The Kier molecular flexibility index (Phi) is 4.93. The second-order valence-electron chi connectivity index (χ2n) is 5.01. The third kappa shape index (κ3) is 4.33. The number of rotatable bonds is 6. The Labute approximate surface area is 113 Å². The number of amides is 1. The van der Waals surface area contributed by atoms with Crippen LogP contribution in [0.3, 0.4) is 0 Å². The fourth-order valence-electron chi connectivity index (χ4n) is 2.12. The number of ether oxygens (including phenoxy) is 1. The van der Waals surface area contributed by atoms with Crippen LogP contribution in [0.15, 0.2) is 12.4 Å². The van der Waals surface area contributed by atoms with Gasteiger partial charge in [0.25, 0.3) is 0 Å². The highest BCUT2D eigenvalue weighted by Gasteiger charge is 2.16. The molecule has 0 aromatic carbocycles. The average Bonchev–Trinajstić information content (AvgIpc) is 3.01. The van der Waals surface area contributed by atoms with Crippen molar-refractivity contribution >= 4 is 11.6 Å². The molecule has 2 rings (SSSR count). The van der Waals surface area contributed by atoms with E-state index < -0.39 is 0 Å². The summed E-state index contributed by atoms with van der Waals surface area (Å²) in [6, 6.07) is -0.0815. The summed E-state index contributed by atoms with van der Waals surface area (Å²) in [7, 11) is 0. The first kappa shape index (κ1) is 14.0. The van der Waals surface area contributed by atoms with Gasteiger partial charge < -0.3 is 15.8 Å². The van der Waals surface area contributed by atoms with Gasteiger partial charge in [-0.15, -0.1) is 0 Å². The molecule has 6 heteroatoms. The highest BCUT2D eigenvalue weighted by molar-refractivity contribution is 5.90. The molecule has 0 spiro atoms. The van der Waals surface area contributed by atoms with Gasteiger partial charge in [-0.05, 0) is 19.3 Å². The van der Waals surface area contributed by atoms with Gasteiger partial charge in [-0.25, -0.2) is 0 Å². The van der Waals surface area contributed by atoms with Gasteiger partial charge in [0.05, 0.1) is 24.5 Å². The maximum absolute atomic E-state index is 11.7. The Bertz CT molecular complexity index is 413. The van der Waals surface area contributed by atoms with Gasteiger partial charge in [-0.3, -0.25) is 9.48 Å². The molecule has 1 aromatic heterocycles. The highest BCUT2D eigenvalue weighted by atomic mass is 16.5. The molecule has 2 atom stereocenters. The quantitative estimate of drug-likeness (QED) is 0.808. The van der Waals surface area contributed by atoms with Crippen molar-refractivity contribution in [3.8, 4) is 0 Å². The summed E-state index contributed by atoms with van der Waals surface area (Å²) in [4.78, 5) is 11.7. The topological polar surface area (TPSA) is 82.2 Å². The van der Waals surface area contributed by atoms with Gasteiger partial charge in [0.2, 0.25) is 5.91 Å². The maximum atomic E-state index is 11.7. The third-order valence-electron chi connectivity index (χ3n) is 3.30. The van der Waals surface area contributed by atoms with Crippen molar-refractivity contribution < 1.29 is 9.53 Å². The van der Waals surface area contributed by atoms with E-state index in [0.717, 1.165) is 32.4 Å². The Balaban J connectivity index is 1.81. The summed E-state index contributed by atoms with van der Waals surface area (Å²) in [5, 5.41) is 7.03. The molecule has 1 fully saturated rings. The van der Waals surface area contributed by atoms with Gasteiger partial charge in [0, 0.05) is 25.3 Å². The second kappa shape index (κ2) is 6.68. The van der Waals surface area contributed by atoms with Crippen LogP contribution in [0.2, 0.25) is 0 Å². The predicted molar refractivity (Wildman–Crippen MR) is 72.7 cm³/mol. The lowest BCUT2D eigenvalue weighted by Crippen LogP contribution is -2.26. The molecule has 0 bridgehead atoms. The lowest BCUT2D eigenvalue weighted by Gasteiger charge is -2.09. The first-order valence-corrected chi connectivity index (χ1v) is 6.87. The lowest BCUT2D eigenvalue weighted by molar-refractivity contribution is -0.116. The van der Waals surface area contributed by atoms with Crippen molar-refractivity contribution in [3.63, 3.8) is 0 Å². The van der Waals surface area contributed by atoms with Crippen LogP contribution in [0.5, 0.6) is 0 Å². The summed E-state index contributed by atoms with van der Waals surface area (Å²) in [6.07, 6.45) is 7.06. The molecule has 3 N–H and O–H groups in total. The summed E-state index contributed by atoms with van der Waals surface area (Å²) in [5.41, 5.74) is 6.46. The molecule has 1 aliphatic heterocycles. The summed E-state index contributed by atoms with van der Waals surface area (Å²) in [5.74, 6) is -0.0639. The molecule has 1 saturated heterocycles. The van der Waals surface area contributed by atoms with Crippen LogP contribution >= 0.6 is 0 Å². The van der Waals surface area contributed by atoms with Crippen LogP contribution in [0.4, 0.5) is 5.69 Å². The van der Waals surface area contributed by atoms with E-state index in [4.69, 9.17) is 10.5 Å². The number of aromatic nitrogens is 2. The zero-order valence-corrected chi connectivity index (χ0v) is 11.3. The number of carbonyl (C=O) groups is 1. The van der Waals surface area contributed by atoms with Crippen molar-refractivity contribution in [2.24, 2.45) is 5.73 Å². The van der Waals surface area contributed by atoms with Crippen LogP contribution in [-0.2, 0) is 16.1 Å². The Morgan fingerprint density at radius 1 is 1.74 bits per heavy atom. The number of hydrogen-bond acceptors (Lipinski definition) is 4. The van der Waals surface area contributed by atoms with Crippen molar-refractivity contribution in [2.45, 2.75) is 51.3 Å². The molecule has 19 heavy (non-hydrogen) atoms. The van der Waals surface area contributed by atoms with E-state index in [9.17, 15) is 4.79 Å². The molecule has 0 radical (unpaired) electrons. The fraction of sp³-hybridized carbons (Fsp3) is 0.692. The summed E-state index contributed by atoms with van der Waals surface area (Å²) in [6.45, 7) is 3.55. The number of nitrogens with one attached hydrogen (secondary N) is 1. The number of nitrogens with two attached hydrogens (primary N) is 1. The molecule has 106 valence electrons. The SMILES string of the molecule is CCC(N)CC(=O)Nc1cnn(CC2CCCO2)c1. The molecule has 2 heterocycles. The van der Waals surface area contributed by atoms with E-state index in [1.165, 1.54) is 0 Å². The van der Waals surface area contributed by atoms with Crippen LogP contribution in [0.1, 0.15) is 32.6 Å². The van der Waals surface area contributed by atoms with Crippen molar-refractivity contribution in [2.75, 3.05) is 11.9 Å². The fourth-order valence-corrected chi connectivity index (χ4v) is 2.12. The monoisotopic (exact) mass is 266 g/mol. The van der Waals surface area contributed by atoms with Crippen LogP contribution in [0.25, 0.3) is 0 Å². The van der Waals surface area contributed by atoms with Crippen molar-refractivity contribution in [3.05, 3.63) is 12.4 Å². The lowest BCUT2D eigenvalue weighted by atomic mass is 10.1. The molecular formula is C13H22N4O2. The molecule has 1 aromatic rings. The number of anilines is 1. The van der Waals surface area contributed by atoms with E-state index in [1.54, 1.807) is 6.20 Å². The minimum absolute atomic E-state index is 0.0639. The first-order valence-electron chi connectivity index (χ1n) is 6.87. The predicted octanol–water partition coefficient (Wildman–Crippen LogP) is 1.13. The molecule has 2 unspecified atom stereocenters. The largest absolute Gasteiger partial charge is 0.376 e. The molecule has 1 amide bonds. The van der Waals surface area contributed by atoms with Crippen LogP contribution in [-0.4, -0.2) is 34.4 Å². The Morgan fingerprint density at radius 3 is 3.26 bits per heavy atom. The zero-order chi connectivity index (χ0) is 13.7. The maximum Gasteiger partial charge on any atom is 0.226 e. The second-order valence-corrected chi connectivity index (χ2v) is 5.01. The Hall–Kier alpha value is -1.40. The van der Waals surface area contributed by atoms with Crippen molar-refractivity contribution in [1.82, 2.24) is 9.78 Å². The molecular weight excluding hydrogens is 244 g/mol. The molecule has 0 aliphatic carbocycles. The number of hydrogen-bond donors (Lipinski definition) is 2. The smallest absolute Gasteiger partial charge is 0.226 e. The first-order chi connectivity index (χ1) is 9.17.